The number of rotatable bonds is 4. The Morgan fingerprint density at radius 1 is 1.17 bits per heavy atom. The third-order valence-corrected chi connectivity index (χ3v) is 4.36. The second kappa shape index (κ2) is 6.93. The second-order valence-electron chi connectivity index (χ2n) is 5.95. The first-order chi connectivity index (χ1) is 11.6. The van der Waals surface area contributed by atoms with Crippen LogP contribution in [0.1, 0.15) is 21.5 Å². The van der Waals surface area contributed by atoms with Crippen LogP contribution >= 0.6 is 0 Å². The smallest absolute Gasteiger partial charge is 0.259 e. The minimum Gasteiger partial charge on any atom is -0.497 e. The maximum absolute atomic E-state index is 12.7. The van der Waals surface area contributed by atoms with Gasteiger partial charge < -0.3 is 19.7 Å². The zero-order valence-corrected chi connectivity index (χ0v) is 14.3. The minimum atomic E-state index is -0.179. The number of amides is 1. The summed E-state index contributed by atoms with van der Waals surface area (Å²) in [4.78, 5) is 15.0. The van der Waals surface area contributed by atoms with Crippen LogP contribution in [0, 0.1) is 0 Å². The lowest BCUT2D eigenvalue weighted by Gasteiger charge is -2.26. The van der Waals surface area contributed by atoms with Crippen LogP contribution in [0.2, 0.25) is 0 Å². The van der Waals surface area contributed by atoms with Gasteiger partial charge in [-0.15, -0.1) is 0 Å². The molecule has 0 aliphatic carbocycles. The monoisotopic (exact) mass is 326 g/mol. The van der Waals surface area contributed by atoms with Crippen LogP contribution < -0.4 is 14.8 Å². The highest BCUT2D eigenvalue weighted by Crippen LogP contribution is 2.28. The summed E-state index contributed by atoms with van der Waals surface area (Å²) < 4.78 is 10.5. The predicted molar refractivity (Wildman–Crippen MR) is 94.0 cm³/mol. The van der Waals surface area contributed by atoms with Gasteiger partial charge >= 0.3 is 0 Å². The molecule has 1 N–H and O–H groups in total. The molecule has 24 heavy (non-hydrogen) atoms. The maximum atomic E-state index is 12.7. The van der Waals surface area contributed by atoms with Crippen molar-refractivity contribution in [3.8, 4) is 11.5 Å². The van der Waals surface area contributed by atoms with Crippen molar-refractivity contribution in [2.75, 3.05) is 33.1 Å². The van der Waals surface area contributed by atoms with Gasteiger partial charge in [0.05, 0.1) is 19.8 Å². The summed E-state index contributed by atoms with van der Waals surface area (Å²) in [6.07, 6.45) is 0.933. The highest BCUT2D eigenvalue weighted by Gasteiger charge is 2.19. The number of carbonyl (C=O) groups is 1. The molecule has 0 unspecified atom stereocenters. The average molecular weight is 326 g/mol. The van der Waals surface area contributed by atoms with Crippen molar-refractivity contribution >= 4 is 11.6 Å². The molecule has 0 bridgehead atoms. The number of methoxy groups -OCH3 is 2. The van der Waals surface area contributed by atoms with Gasteiger partial charge in [0, 0.05) is 24.8 Å². The van der Waals surface area contributed by atoms with E-state index in [0.29, 0.717) is 17.1 Å². The number of hydrogen-bond acceptors (Lipinski definition) is 4. The topological polar surface area (TPSA) is 50.8 Å². The number of benzene rings is 2. The highest BCUT2D eigenvalue weighted by atomic mass is 16.5. The van der Waals surface area contributed by atoms with Gasteiger partial charge in [-0.05, 0) is 42.8 Å². The average Bonchev–Trinajstić information content (AvgIpc) is 2.60. The van der Waals surface area contributed by atoms with Gasteiger partial charge in [0.1, 0.15) is 11.5 Å². The van der Waals surface area contributed by atoms with Crippen molar-refractivity contribution < 1.29 is 14.3 Å². The third kappa shape index (κ3) is 3.21. The van der Waals surface area contributed by atoms with E-state index in [0.717, 1.165) is 25.2 Å². The van der Waals surface area contributed by atoms with Crippen LogP contribution in [0.15, 0.2) is 36.4 Å². The quantitative estimate of drug-likeness (QED) is 0.938. The van der Waals surface area contributed by atoms with Gasteiger partial charge in [-0.1, -0.05) is 12.1 Å². The van der Waals surface area contributed by atoms with E-state index in [2.05, 4.69) is 23.3 Å². The number of carbonyl (C=O) groups excluding carboxylic acids is 1. The Hall–Kier alpha value is -2.53. The Morgan fingerprint density at radius 3 is 2.75 bits per heavy atom. The van der Waals surface area contributed by atoms with E-state index in [-0.39, 0.29) is 5.91 Å². The molecule has 2 aromatic rings. The molecule has 0 saturated heterocycles. The lowest BCUT2D eigenvalue weighted by atomic mass is 9.98. The van der Waals surface area contributed by atoms with Crippen molar-refractivity contribution in [2.24, 2.45) is 0 Å². The molecule has 0 fully saturated rings. The molecule has 2 aromatic carbocycles. The number of ether oxygens (including phenoxy) is 2. The summed E-state index contributed by atoms with van der Waals surface area (Å²) in [5.74, 6) is 0.974. The molecule has 0 saturated carbocycles. The molecule has 0 radical (unpaired) electrons. The van der Waals surface area contributed by atoms with Gasteiger partial charge in [-0.25, -0.2) is 0 Å². The lowest BCUT2D eigenvalue weighted by Crippen LogP contribution is -2.27. The molecule has 1 aliphatic rings. The third-order valence-electron chi connectivity index (χ3n) is 4.36. The summed E-state index contributed by atoms with van der Waals surface area (Å²) in [6.45, 7) is 1.90. The first-order valence-electron chi connectivity index (χ1n) is 7.95. The number of anilines is 1. The van der Waals surface area contributed by atoms with E-state index >= 15 is 0 Å². The number of hydrogen-bond donors (Lipinski definition) is 1. The molecule has 0 spiro atoms. The Morgan fingerprint density at radius 2 is 2.00 bits per heavy atom. The van der Waals surface area contributed by atoms with E-state index in [1.807, 2.05) is 12.1 Å². The number of nitrogens with one attached hydrogen (secondary N) is 1. The molecule has 5 heteroatoms. The Labute approximate surface area is 142 Å². The van der Waals surface area contributed by atoms with Crippen LogP contribution in [-0.2, 0) is 13.0 Å². The fourth-order valence-corrected chi connectivity index (χ4v) is 3.04. The van der Waals surface area contributed by atoms with Crippen LogP contribution in [0.25, 0.3) is 0 Å². The van der Waals surface area contributed by atoms with Crippen LogP contribution in [-0.4, -0.2) is 38.6 Å². The first-order valence-corrected chi connectivity index (χ1v) is 7.95. The summed E-state index contributed by atoms with van der Waals surface area (Å²) in [6, 6.07) is 11.2. The lowest BCUT2D eigenvalue weighted by molar-refractivity contribution is 0.102. The molecule has 1 amide bonds. The predicted octanol–water partition coefficient (Wildman–Crippen LogP) is 2.94. The minimum absolute atomic E-state index is 0.179. The highest BCUT2D eigenvalue weighted by molar-refractivity contribution is 6.06. The van der Waals surface area contributed by atoms with Gasteiger partial charge in [0.15, 0.2) is 0 Å². The summed E-state index contributed by atoms with van der Waals surface area (Å²) in [7, 11) is 5.24. The Balaban J connectivity index is 1.87. The van der Waals surface area contributed by atoms with Crippen LogP contribution in [0.4, 0.5) is 5.69 Å². The van der Waals surface area contributed by atoms with Crippen molar-refractivity contribution in [3.05, 3.63) is 53.1 Å². The number of nitrogens with zero attached hydrogens (tertiary/aromatic N) is 1. The van der Waals surface area contributed by atoms with E-state index < -0.39 is 0 Å². The summed E-state index contributed by atoms with van der Waals surface area (Å²) in [5.41, 5.74) is 3.85. The Bertz CT molecular complexity index is 758. The molecule has 3 rings (SSSR count). The van der Waals surface area contributed by atoms with Crippen molar-refractivity contribution in [3.63, 3.8) is 0 Å². The zero-order valence-electron chi connectivity index (χ0n) is 14.3. The van der Waals surface area contributed by atoms with E-state index in [1.165, 1.54) is 11.1 Å². The fraction of sp³-hybridized carbons (Fsp3) is 0.316. The molecule has 1 aliphatic heterocycles. The Kier molecular flexibility index (Phi) is 4.71. The molecule has 5 nitrogen and oxygen atoms in total. The van der Waals surface area contributed by atoms with Crippen LogP contribution in [0.3, 0.4) is 0 Å². The molecule has 0 atom stereocenters. The van der Waals surface area contributed by atoms with Gasteiger partial charge in [0.2, 0.25) is 0 Å². The van der Waals surface area contributed by atoms with Gasteiger partial charge in [-0.3, -0.25) is 4.79 Å². The number of likely N-dealkylation sites (N-methyl/N-ethyl adjacent to an activating group) is 1. The fourth-order valence-electron chi connectivity index (χ4n) is 3.04. The van der Waals surface area contributed by atoms with E-state index in [9.17, 15) is 4.79 Å². The van der Waals surface area contributed by atoms with Gasteiger partial charge in [0.25, 0.3) is 5.91 Å². The zero-order chi connectivity index (χ0) is 17.1. The first kappa shape index (κ1) is 16.3. The number of fused-ring (bicyclic) bond motifs is 1. The SMILES string of the molecule is COc1ccc(C(=O)Nc2cccc3c2CCN(C)C3)c(OC)c1. The molecular formula is C19H22N2O3. The van der Waals surface area contributed by atoms with Crippen molar-refractivity contribution in [1.29, 1.82) is 0 Å². The summed E-state index contributed by atoms with van der Waals surface area (Å²) >= 11 is 0. The maximum Gasteiger partial charge on any atom is 0.259 e. The van der Waals surface area contributed by atoms with Gasteiger partial charge in [-0.2, -0.15) is 0 Å². The molecule has 126 valence electrons. The molecular weight excluding hydrogens is 304 g/mol. The van der Waals surface area contributed by atoms with Crippen LogP contribution in [0.5, 0.6) is 11.5 Å². The van der Waals surface area contributed by atoms with Crippen molar-refractivity contribution in [2.45, 2.75) is 13.0 Å². The largest absolute Gasteiger partial charge is 0.497 e. The van der Waals surface area contributed by atoms with E-state index in [1.54, 1.807) is 32.4 Å². The summed E-state index contributed by atoms with van der Waals surface area (Å²) in [5, 5.41) is 3.04. The van der Waals surface area contributed by atoms with Crippen molar-refractivity contribution in [1.82, 2.24) is 4.90 Å². The molecule has 0 aromatic heterocycles. The second-order valence-corrected chi connectivity index (χ2v) is 5.95. The molecule has 1 heterocycles. The normalized spacial score (nSPS) is 14.0. The standard InChI is InChI=1S/C19H22N2O3/c1-21-10-9-15-13(12-21)5-4-6-17(15)20-19(22)16-8-7-14(23-2)11-18(16)24-3/h4-8,11H,9-10,12H2,1-3H3,(H,20,22). The van der Waals surface area contributed by atoms with E-state index in [4.69, 9.17) is 9.47 Å².